The average Bonchev–Trinajstić information content (AvgIpc) is 3.18. The smallest absolute Gasteiger partial charge is 0.181 e. The number of rotatable bonds is 5. The summed E-state index contributed by atoms with van der Waals surface area (Å²) in [6.07, 6.45) is 4.46. The number of hydrogen-bond acceptors (Lipinski definition) is 6. The highest BCUT2D eigenvalue weighted by Gasteiger charge is 2.21. The lowest BCUT2D eigenvalue weighted by molar-refractivity contribution is 0.122. The van der Waals surface area contributed by atoms with Crippen LogP contribution >= 0.6 is 0 Å². The molecule has 2 aromatic carbocycles. The third-order valence-electron chi connectivity index (χ3n) is 5.37. The van der Waals surface area contributed by atoms with Crippen molar-refractivity contribution in [2.75, 3.05) is 31.2 Å². The van der Waals surface area contributed by atoms with Gasteiger partial charge in [-0.25, -0.2) is 9.97 Å². The molecule has 2 aromatic heterocycles. The SMILES string of the molecule is O=Nc1ccc(-c2c(Cc3ccccc3)nc3c(N4CCOCC4)nccn23)cc1. The Morgan fingerprint density at radius 1 is 1.00 bits per heavy atom. The number of imidazole rings is 1. The zero-order chi connectivity index (χ0) is 20.3. The van der Waals surface area contributed by atoms with Crippen molar-refractivity contribution in [3.63, 3.8) is 0 Å². The summed E-state index contributed by atoms with van der Waals surface area (Å²) in [4.78, 5) is 22.8. The molecule has 7 heteroatoms. The van der Waals surface area contributed by atoms with Crippen molar-refractivity contribution in [1.29, 1.82) is 0 Å². The second-order valence-corrected chi connectivity index (χ2v) is 7.25. The Morgan fingerprint density at radius 3 is 2.50 bits per heavy atom. The van der Waals surface area contributed by atoms with Crippen LogP contribution in [-0.2, 0) is 11.2 Å². The number of benzene rings is 2. The molecule has 0 N–H and O–H groups in total. The summed E-state index contributed by atoms with van der Waals surface area (Å²) >= 11 is 0. The molecule has 1 aliphatic heterocycles. The maximum atomic E-state index is 10.9. The van der Waals surface area contributed by atoms with E-state index in [2.05, 4.69) is 31.6 Å². The molecule has 5 rings (SSSR count). The summed E-state index contributed by atoms with van der Waals surface area (Å²) in [6, 6.07) is 17.6. The van der Waals surface area contributed by atoms with Gasteiger partial charge in [0.25, 0.3) is 0 Å². The minimum atomic E-state index is 0.410. The quantitative estimate of drug-likeness (QED) is 0.470. The molecule has 3 heterocycles. The first-order chi connectivity index (χ1) is 14.8. The van der Waals surface area contributed by atoms with Crippen LogP contribution in [0, 0.1) is 4.91 Å². The highest BCUT2D eigenvalue weighted by molar-refractivity contribution is 5.74. The first-order valence-electron chi connectivity index (χ1n) is 10.00. The molecule has 0 unspecified atom stereocenters. The van der Waals surface area contributed by atoms with Crippen LogP contribution in [0.4, 0.5) is 11.5 Å². The first kappa shape index (κ1) is 18.4. The number of ether oxygens (including phenoxy) is 1. The molecule has 0 spiro atoms. The van der Waals surface area contributed by atoms with Gasteiger partial charge < -0.3 is 9.64 Å². The maximum absolute atomic E-state index is 10.9. The van der Waals surface area contributed by atoms with Crippen LogP contribution in [0.3, 0.4) is 0 Å². The van der Waals surface area contributed by atoms with Crippen molar-refractivity contribution in [2.45, 2.75) is 6.42 Å². The fraction of sp³-hybridized carbons (Fsp3) is 0.217. The molecule has 0 bridgehead atoms. The van der Waals surface area contributed by atoms with E-state index >= 15 is 0 Å². The average molecular weight is 399 g/mol. The third kappa shape index (κ3) is 3.44. The lowest BCUT2D eigenvalue weighted by Crippen LogP contribution is -2.37. The van der Waals surface area contributed by atoms with E-state index in [0.717, 1.165) is 41.5 Å². The summed E-state index contributed by atoms with van der Waals surface area (Å²) in [5.41, 5.74) is 5.39. The van der Waals surface area contributed by atoms with Crippen molar-refractivity contribution in [3.05, 3.63) is 83.2 Å². The van der Waals surface area contributed by atoms with Crippen LogP contribution in [-0.4, -0.2) is 40.7 Å². The van der Waals surface area contributed by atoms with Crippen molar-refractivity contribution < 1.29 is 4.74 Å². The number of anilines is 1. The Morgan fingerprint density at radius 2 is 1.77 bits per heavy atom. The van der Waals surface area contributed by atoms with Gasteiger partial charge in [0.1, 0.15) is 5.69 Å². The monoisotopic (exact) mass is 399 g/mol. The number of morpholine rings is 1. The molecule has 1 aliphatic rings. The van der Waals surface area contributed by atoms with E-state index < -0.39 is 0 Å². The van der Waals surface area contributed by atoms with Gasteiger partial charge in [0.2, 0.25) is 0 Å². The zero-order valence-corrected chi connectivity index (χ0v) is 16.4. The summed E-state index contributed by atoms with van der Waals surface area (Å²) < 4.78 is 7.60. The summed E-state index contributed by atoms with van der Waals surface area (Å²) in [5, 5.41) is 3.02. The number of hydrogen-bond donors (Lipinski definition) is 0. The van der Waals surface area contributed by atoms with E-state index in [4.69, 9.17) is 9.72 Å². The van der Waals surface area contributed by atoms with E-state index in [1.807, 2.05) is 42.7 Å². The van der Waals surface area contributed by atoms with Crippen molar-refractivity contribution in [2.24, 2.45) is 5.18 Å². The maximum Gasteiger partial charge on any atom is 0.181 e. The third-order valence-corrected chi connectivity index (χ3v) is 5.37. The molecule has 0 radical (unpaired) electrons. The van der Waals surface area contributed by atoms with Gasteiger partial charge in [0.05, 0.1) is 24.6 Å². The largest absolute Gasteiger partial charge is 0.378 e. The fourth-order valence-corrected chi connectivity index (χ4v) is 3.91. The van der Waals surface area contributed by atoms with E-state index in [-0.39, 0.29) is 0 Å². The van der Waals surface area contributed by atoms with Gasteiger partial charge in [0, 0.05) is 37.5 Å². The predicted molar refractivity (Wildman–Crippen MR) is 116 cm³/mol. The van der Waals surface area contributed by atoms with Crippen LogP contribution in [0.1, 0.15) is 11.3 Å². The van der Waals surface area contributed by atoms with Crippen molar-refractivity contribution in [3.8, 4) is 11.3 Å². The molecule has 4 aromatic rings. The van der Waals surface area contributed by atoms with Gasteiger partial charge >= 0.3 is 0 Å². The van der Waals surface area contributed by atoms with Crippen molar-refractivity contribution in [1.82, 2.24) is 14.4 Å². The highest BCUT2D eigenvalue weighted by atomic mass is 16.5. The van der Waals surface area contributed by atoms with E-state index in [1.165, 1.54) is 5.56 Å². The van der Waals surface area contributed by atoms with Gasteiger partial charge in [-0.15, -0.1) is 4.91 Å². The topological polar surface area (TPSA) is 72.1 Å². The van der Waals surface area contributed by atoms with Crippen LogP contribution < -0.4 is 4.90 Å². The van der Waals surface area contributed by atoms with Crippen molar-refractivity contribution >= 4 is 17.2 Å². The summed E-state index contributed by atoms with van der Waals surface area (Å²) in [6.45, 7) is 2.96. The predicted octanol–water partition coefficient (Wildman–Crippen LogP) is 4.22. The Balaban J connectivity index is 1.67. The second kappa shape index (κ2) is 8.04. The van der Waals surface area contributed by atoms with Crippen LogP contribution in [0.5, 0.6) is 0 Å². The molecule has 30 heavy (non-hydrogen) atoms. The minimum Gasteiger partial charge on any atom is -0.378 e. The number of nitroso groups, excluding NO2 is 1. The Hall–Kier alpha value is -3.58. The van der Waals surface area contributed by atoms with E-state index in [1.54, 1.807) is 12.1 Å². The molecule has 1 fully saturated rings. The summed E-state index contributed by atoms with van der Waals surface area (Å²) in [7, 11) is 0. The molecular formula is C23H21N5O2. The molecule has 7 nitrogen and oxygen atoms in total. The van der Waals surface area contributed by atoms with Crippen LogP contribution in [0.25, 0.3) is 16.9 Å². The van der Waals surface area contributed by atoms with Crippen LogP contribution in [0.15, 0.2) is 72.2 Å². The fourth-order valence-electron chi connectivity index (χ4n) is 3.91. The number of fused-ring (bicyclic) bond motifs is 1. The Kier molecular flexibility index (Phi) is 4.94. The normalized spacial score (nSPS) is 14.2. The van der Waals surface area contributed by atoms with E-state index in [0.29, 0.717) is 25.3 Å². The van der Waals surface area contributed by atoms with Gasteiger partial charge in [-0.2, -0.15) is 0 Å². The molecule has 0 atom stereocenters. The molecule has 150 valence electrons. The van der Waals surface area contributed by atoms with E-state index in [9.17, 15) is 4.91 Å². The lowest BCUT2D eigenvalue weighted by Gasteiger charge is -2.27. The highest BCUT2D eigenvalue weighted by Crippen LogP contribution is 2.31. The summed E-state index contributed by atoms with van der Waals surface area (Å²) in [5.74, 6) is 0.868. The molecule has 0 saturated carbocycles. The van der Waals surface area contributed by atoms with Crippen LogP contribution in [0.2, 0.25) is 0 Å². The zero-order valence-electron chi connectivity index (χ0n) is 16.4. The van der Waals surface area contributed by atoms with Gasteiger partial charge in [0.15, 0.2) is 11.5 Å². The molecule has 0 amide bonds. The molecular weight excluding hydrogens is 378 g/mol. The Labute approximate surface area is 173 Å². The molecule has 1 saturated heterocycles. The number of aromatic nitrogens is 3. The number of nitrogens with zero attached hydrogens (tertiary/aromatic N) is 5. The Bertz CT molecular complexity index is 1170. The molecule has 0 aliphatic carbocycles. The standard InChI is InChI=1S/C23H21N5O2/c29-26-19-8-6-18(7-9-19)21-20(16-17-4-2-1-3-5-17)25-23-22(24-10-11-28(21)23)27-12-14-30-15-13-27/h1-11H,12-16H2. The van der Waals surface area contributed by atoms with Gasteiger partial charge in [-0.05, 0) is 22.9 Å². The lowest BCUT2D eigenvalue weighted by atomic mass is 10.0. The van der Waals surface area contributed by atoms with Gasteiger partial charge in [-0.3, -0.25) is 4.40 Å². The minimum absolute atomic E-state index is 0.410. The van der Waals surface area contributed by atoms with Gasteiger partial charge in [-0.1, -0.05) is 42.5 Å². The second-order valence-electron chi connectivity index (χ2n) is 7.25. The first-order valence-corrected chi connectivity index (χ1v) is 10.00.